The van der Waals surface area contributed by atoms with Crippen molar-refractivity contribution in [3.05, 3.63) is 66.4 Å². The molecule has 6 nitrogen and oxygen atoms in total. The lowest BCUT2D eigenvalue weighted by molar-refractivity contribution is 0.221. The molecule has 26 heavy (non-hydrogen) atoms. The van der Waals surface area contributed by atoms with Gasteiger partial charge in [0.15, 0.2) is 0 Å². The van der Waals surface area contributed by atoms with Crippen molar-refractivity contribution in [3.63, 3.8) is 0 Å². The lowest BCUT2D eigenvalue weighted by atomic mass is 10.2. The Balaban J connectivity index is 1.45. The summed E-state index contributed by atoms with van der Waals surface area (Å²) in [6.07, 6.45) is 7.13. The molecule has 4 rings (SSSR count). The van der Waals surface area contributed by atoms with Crippen LogP contribution in [-0.2, 0) is 6.54 Å². The number of anilines is 1. The molecule has 134 valence electrons. The molecule has 0 aliphatic carbocycles. The number of hydrogen-bond acceptors (Lipinski definition) is 5. The molecule has 7 heteroatoms. The molecule has 1 aliphatic rings. The number of aromatic nitrogens is 4. The van der Waals surface area contributed by atoms with Crippen molar-refractivity contribution in [1.29, 1.82) is 0 Å². The van der Waals surface area contributed by atoms with Crippen LogP contribution in [0.25, 0.3) is 5.69 Å². The number of para-hydroxylation sites is 1. The van der Waals surface area contributed by atoms with Gasteiger partial charge in [0, 0.05) is 49.8 Å². The molecular formula is C19H21ClN6. The van der Waals surface area contributed by atoms with Crippen LogP contribution in [0.5, 0.6) is 0 Å². The smallest absolute Gasteiger partial charge is 0.147 e. The minimum absolute atomic E-state index is 0.0785. The van der Waals surface area contributed by atoms with Gasteiger partial charge in [-0.2, -0.15) is 5.10 Å². The molecule has 1 unspecified atom stereocenters. The number of benzene rings is 1. The van der Waals surface area contributed by atoms with Gasteiger partial charge in [-0.25, -0.2) is 9.67 Å². The number of nitrogens with zero attached hydrogens (tertiary/aromatic N) is 6. The molecule has 3 heterocycles. The van der Waals surface area contributed by atoms with Crippen molar-refractivity contribution in [2.45, 2.75) is 19.0 Å². The summed E-state index contributed by atoms with van der Waals surface area (Å²) in [4.78, 5) is 13.0. The second kappa shape index (κ2) is 7.43. The molecule has 2 aromatic heterocycles. The summed E-state index contributed by atoms with van der Waals surface area (Å²) in [5, 5.41) is 4.56. The first-order valence-corrected chi connectivity index (χ1v) is 9.14. The van der Waals surface area contributed by atoms with Crippen molar-refractivity contribution in [2.24, 2.45) is 0 Å². The van der Waals surface area contributed by atoms with Crippen molar-refractivity contribution in [3.8, 4) is 5.69 Å². The van der Waals surface area contributed by atoms with Gasteiger partial charge in [0.25, 0.3) is 0 Å². The predicted octanol–water partition coefficient (Wildman–Crippen LogP) is 2.86. The van der Waals surface area contributed by atoms with Crippen molar-refractivity contribution >= 4 is 17.4 Å². The zero-order valence-corrected chi connectivity index (χ0v) is 15.4. The van der Waals surface area contributed by atoms with E-state index in [2.05, 4.69) is 43.9 Å². The largest absolute Gasteiger partial charge is 0.351 e. The van der Waals surface area contributed by atoms with Crippen LogP contribution in [0.2, 0.25) is 0 Å². The Morgan fingerprint density at radius 1 is 1.12 bits per heavy atom. The van der Waals surface area contributed by atoms with E-state index in [1.165, 1.54) is 5.56 Å². The van der Waals surface area contributed by atoms with Crippen molar-refractivity contribution in [1.82, 2.24) is 24.6 Å². The van der Waals surface area contributed by atoms with E-state index < -0.39 is 0 Å². The van der Waals surface area contributed by atoms with Crippen molar-refractivity contribution < 1.29 is 0 Å². The van der Waals surface area contributed by atoms with E-state index in [1.807, 2.05) is 29.1 Å². The Hall–Kier alpha value is -2.44. The fraction of sp³-hybridized carbons (Fsp3) is 0.316. The molecule has 1 aromatic carbocycles. The summed E-state index contributed by atoms with van der Waals surface area (Å²) < 4.78 is 1.98. The van der Waals surface area contributed by atoms with Crippen LogP contribution in [0.1, 0.15) is 11.3 Å². The number of piperazine rings is 1. The second-order valence-corrected chi connectivity index (χ2v) is 6.92. The van der Waals surface area contributed by atoms with E-state index >= 15 is 0 Å². The lowest BCUT2D eigenvalue weighted by Crippen LogP contribution is -2.50. The van der Waals surface area contributed by atoms with Crippen LogP contribution in [0.15, 0.2) is 55.1 Å². The predicted molar refractivity (Wildman–Crippen MR) is 103 cm³/mol. The van der Waals surface area contributed by atoms with Crippen LogP contribution < -0.4 is 4.90 Å². The van der Waals surface area contributed by atoms with E-state index in [1.54, 1.807) is 18.6 Å². The van der Waals surface area contributed by atoms with Gasteiger partial charge in [0.05, 0.1) is 18.1 Å². The quantitative estimate of drug-likeness (QED) is 0.523. The standard InChI is InChI=1S/C19H21ClN6/c1-15-16(11-23-26(15)17-5-3-2-4-6-17)13-24-9-10-25(14-18(24)20)19-12-21-7-8-22-19/h2-8,11-12,18H,9-10,13-14H2,1H3. The maximum Gasteiger partial charge on any atom is 0.147 e. The van der Waals surface area contributed by atoms with Crippen LogP contribution >= 0.6 is 11.6 Å². The highest BCUT2D eigenvalue weighted by atomic mass is 35.5. The van der Waals surface area contributed by atoms with Crippen molar-refractivity contribution in [2.75, 3.05) is 24.5 Å². The van der Waals surface area contributed by atoms with Crippen LogP contribution in [0, 0.1) is 6.92 Å². The van der Waals surface area contributed by atoms with E-state index in [0.29, 0.717) is 0 Å². The Morgan fingerprint density at radius 3 is 2.69 bits per heavy atom. The molecule has 1 atom stereocenters. The minimum atomic E-state index is -0.0785. The Kier molecular flexibility index (Phi) is 4.86. The van der Waals surface area contributed by atoms with Crippen LogP contribution in [-0.4, -0.2) is 49.8 Å². The molecule has 3 aromatic rings. The molecule has 0 amide bonds. The zero-order chi connectivity index (χ0) is 17.9. The number of hydrogen-bond donors (Lipinski definition) is 0. The second-order valence-electron chi connectivity index (χ2n) is 6.42. The van der Waals surface area contributed by atoms with Gasteiger partial charge in [-0.15, -0.1) is 11.6 Å². The first-order valence-electron chi connectivity index (χ1n) is 8.70. The molecule has 1 saturated heterocycles. The first kappa shape index (κ1) is 17.0. The number of rotatable bonds is 4. The summed E-state index contributed by atoms with van der Waals surface area (Å²) in [5.74, 6) is 0.880. The molecule has 1 aliphatic heterocycles. The van der Waals surface area contributed by atoms with Gasteiger partial charge < -0.3 is 4.90 Å². The third kappa shape index (κ3) is 3.43. The summed E-state index contributed by atoms with van der Waals surface area (Å²) in [6.45, 7) is 5.39. The molecule has 1 fully saturated rings. The average molecular weight is 369 g/mol. The summed E-state index contributed by atoms with van der Waals surface area (Å²) >= 11 is 6.66. The highest BCUT2D eigenvalue weighted by Gasteiger charge is 2.27. The molecule has 0 bridgehead atoms. The topological polar surface area (TPSA) is 50.1 Å². The van der Waals surface area contributed by atoms with Gasteiger partial charge in [-0.1, -0.05) is 18.2 Å². The summed E-state index contributed by atoms with van der Waals surface area (Å²) in [7, 11) is 0. The normalized spacial score (nSPS) is 18.2. The molecule has 0 radical (unpaired) electrons. The number of alkyl halides is 1. The van der Waals surface area contributed by atoms with E-state index in [9.17, 15) is 0 Å². The molecule has 0 spiro atoms. The Labute approximate surface area is 158 Å². The van der Waals surface area contributed by atoms with Gasteiger partial charge in [0.1, 0.15) is 11.3 Å². The average Bonchev–Trinajstić information content (AvgIpc) is 3.05. The maximum absolute atomic E-state index is 6.66. The Morgan fingerprint density at radius 2 is 1.96 bits per heavy atom. The van der Waals surface area contributed by atoms with Gasteiger partial charge in [-0.3, -0.25) is 9.88 Å². The molecule has 0 N–H and O–H groups in total. The maximum atomic E-state index is 6.66. The lowest BCUT2D eigenvalue weighted by Gasteiger charge is -2.38. The van der Waals surface area contributed by atoms with E-state index in [4.69, 9.17) is 11.6 Å². The zero-order valence-electron chi connectivity index (χ0n) is 14.7. The van der Waals surface area contributed by atoms with Gasteiger partial charge in [0.2, 0.25) is 0 Å². The fourth-order valence-electron chi connectivity index (χ4n) is 3.27. The Bertz CT molecular complexity index is 851. The summed E-state index contributed by atoms with van der Waals surface area (Å²) in [5.41, 5.74) is 3.35. The fourth-order valence-corrected chi connectivity index (χ4v) is 3.60. The molecular weight excluding hydrogens is 348 g/mol. The highest BCUT2D eigenvalue weighted by molar-refractivity contribution is 6.20. The first-order chi connectivity index (χ1) is 12.7. The minimum Gasteiger partial charge on any atom is -0.351 e. The SMILES string of the molecule is Cc1c(CN2CCN(c3cnccn3)CC2Cl)cnn1-c1ccccc1. The number of halogens is 1. The van der Waals surface area contributed by atoms with E-state index in [-0.39, 0.29) is 5.50 Å². The van der Waals surface area contributed by atoms with Gasteiger partial charge >= 0.3 is 0 Å². The highest BCUT2D eigenvalue weighted by Crippen LogP contribution is 2.22. The van der Waals surface area contributed by atoms with E-state index in [0.717, 1.165) is 43.4 Å². The van der Waals surface area contributed by atoms with Gasteiger partial charge in [-0.05, 0) is 19.1 Å². The third-order valence-corrected chi connectivity index (χ3v) is 5.20. The monoisotopic (exact) mass is 368 g/mol. The molecule has 0 saturated carbocycles. The third-order valence-electron chi connectivity index (χ3n) is 4.78. The summed E-state index contributed by atoms with van der Waals surface area (Å²) in [6, 6.07) is 10.2. The van der Waals surface area contributed by atoms with Crippen LogP contribution in [0.4, 0.5) is 5.82 Å². The van der Waals surface area contributed by atoms with Crippen LogP contribution in [0.3, 0.4) is 0 Å².